The molecule has 2 aliphatic heterocycles. The number of nitrogens with one attached hydrogen (secondary N) is 2. The van der Waals surface area contributed by atoms with E-state index in [1.807, 2.05) is 24.8 Å². The van der Waals surface area contributed by atoms with E-state index in [0.717, 1.165) is 23.4 Å². The van der Waals surface area contributed by atoms with Crippen molar-refractivity contribution in [2.45, 2.75) is 38.1 Å². The summed E-state index contributed by atoms with van der Waals surface area (Å²) >= 11 is 0. The largest absolute Gasteiger partial charge is 0.355 e. The molecule has 2 aromatic carbocycles. The van der Waals surface area contributed by atoms with Crippen LogP contribution in [0.5, 0.6) is 0 Å². The molecule has 1 saturated heterocycles. The molecule has 2 N–H and O–H groups in total. The average molecular weight is 495 g/mol. The van der Waals surface area contributed by atoms with E-state index in [4.69, 9.17) is 0 Å². The van der Waals surface area contributed by atoms with Crippen LogP contribution in [0.15, 0.2) is 51.8 Å². The number of likely N-dealkylation sites (tertiary alicyclic amines) is 1. The lowest BCUT2D eigenvalue weighted by Crippen LogP contribution is -2.48. The standard InChI is InChI=1S/C24H26N6O4S/c1-3-30-15(2)25-19-14-17(8-9-20(19)30)24(32)27-26-23(31)16-10-12-29(13-11-16)22-18-6-4-5-7-21(18)35(33,34)28-22/h4-9,14,16H,3,10-13H2,1-2H3,(H,26,31)(H,27,32). The maximum absolute atomic E-state index is 12.7. The van der Waals surface area contributed by atoms with Crippen LogP contribution in [-0.2, 0) is 21.4 Å². The van der Waals surface area contributed by atoms with Crippen LogP contribution in [0.4, 0.5) is 0 Å². The Morgan fingerprint density at radius 3 is 2.57 bits per heavy atom. The summed E-state index contributed by atoms with van der Waals surface area (Å²) in [5, 5.41) is 0. The topological polar surface area (TPSA) is 126 Å². The normalized spacial score (nSPS) is 17.2. The molecule has 3 aromatic rings. The van der Waals surface area contributed by atoms with Gasteiger partial charge in [0.05, 0.1) is 11.0 Å². The first kappa shape index (κ1) is 23.0. The van der Waals surface area contributed by atoms with Gasteiger partial charge >= 0.3 is 0 Å². The number of aromatic nitrogens is 2. The molecule has 0 aliphatic carbocycles. The van der Waals surface area contributed by atoms with Gasteiger partial charge < -0.3 is 9.47 Å². The lowest BCUT2D eigenvalue weighted by Gasteiger charge is -2.32. The first-order chi connectivity index (χ1) is 16.8. The smallest absolute Gasteiger partial charge is 0.285 e. The van der Waals surface area contributed by atoms with Crippen LogP contribution in [0.2, 0.25) is 0 Å². The Morgan fingerprint density at radius 2 is 1.83 bits per heavy atom. The average Bonchev–Trinajstić information content (AvgIpc) is 3.34. The minimum atomic E-state index is -3.68. The van der Waals surface area contributed by atoms with Crippen LogP contribution in [0.25, 0.3) is 11.0 Å². The number of benzene rings is 2. The van der Waals surface area contributed by atoms with Gasteiger partial charge in [0.1, 0.15) is 10.7 Å². The van der Waals surface area contributed by atoms with E-state index in [1.165, 1.54) is 0 Å². The number of hydrazine groups is 1. The third-order valence-corrected chi connectivity index (χ3v) is 7.92. The number of piperidine rings is 1. The van der Waals surface area contributed by atoms with Gasteiger partial charge in [0, 0.05) is 36.7 Å². The van der Waals surface area contributed by atoms with Gasteiger partial charge in [0.15, 0.2) is 5.84 Å². The molecule has 3 heterocycles. The SMILES string of the molecule is CCn1c(C)nc2cc(C(=O)NNC(=O)C3CCN(C4=NS(=O)(=O)c5ccccc54)CC3)ccc21. The number of hydrogen-bond donors (Lipinski definition) is 2. The Bertz CT molecular complexity index is 1470. The zero-order valence-electron chi connectivity index (χ0n) is 19.5. The van der Waals surface area contributed by atoms with Crippen LogP contribution in [0.3, 0.4) is 0 Å². The van der Waals surface area contributed by atoms with E-state index < -0.39 is 15.9 Å². The fourth-order valence-electron chi connectivity index (χ4n) is 4.75. The Morgan fingerprint density at radius 1 is 1.09 bits per heavy atom. The Labute approximate surface area is 203 Å². The zero-order chi connectivity index (χ0) is 24.7. The first-order valence-electron chi connectivity index (χ1n) is 11.5. The van der Waals surface area contributed by atoms with Gasteiger partial charge in [-0.3, -0.25) is 20.4 Å². The molecule has 0 saturated carbocycles. The second kappa shape index (κ2) is 8.81. The molecule has 2 aliphatic rings. The number of amidine groups is 1. The molecule has 0 unspecified atom stereocenters. The molecule has 182 valence electrons. The molecule has 0 atom stereocenters. The molecule has 1 fully saturated rings. The predicted molar refractivity (Wildman–Crippen MR) is 130 cm³/mol. The Kier molecular flexibility index (Phi) is 5.79. The molecule has 35 heavy (non-hydrogen) atoms. The third-order valence-electron chi connectivity index (χ3n) is 6.59. The quantitative estimate of drug-likeness (QED) is 0.537. The molecule has 10 nitrogen and oxygen atoms in total. The van der Waals surface area contributed by atoms with E-state index in [0.29, 0.717) is 42.9 Å². The number of fused-ring (bicyclic) bond motifs is 2. The molecule has 11 heteroatoms. The minimum absolute atomic E-state index is 0.215. The van der Waals surface area contributed by atoms with Crippen molar-refractivity contribution < 1.29 is 18.0 Å². The summed E-state index contributed by atoms with van der Waals surface area (Å²) in [5.74, 6) is 0.328. The number of sulfonamides is 1. The number of nitrogens with zero attached hydrogens (tertiary/aromatic N) is 4. The van der Waals surface area contributed by atoms with Gasteiger partial charge in [-0.2, -0.15) is 8.42 Å². The van der Waals surface area contributed by atoms with Crippen LogP contribution in [0, 0.1) is 12.8 Å². The molecule has 0 radical (unpaired) electrons. The molecule has 2 amide bonds. The highest BCUT2D eigenvalue weighted by Crippen LogP contribution is 2.29. The van der Waals surface area contributed by atoms with E-state index in [2.05, 4.69) is 24.8 Å². The Hall–Kier alpha value is -3.73. The monoisotopic (exact) mass is 494 g/mol. The van der Waals surface area contributed by atoms with Gasteiger partial charge in [0.2, 0.25) is 5.91 Å². The van der Waals surface area contributed by atoms with Crippen molar-refractivity contribution in [1.82, 2.24) is 25.3 Å². The van der Waals surface area contributed by atoms with Crippen LogP contribution in [-0.4, -0.2) is 53.6 Å². The number of hydrogen-bond acceptors (Lipinski definition) is 6. The van der Waals surface area contributed by atoms with Crippen molar-refractivity contribution >= 4 is 38.7 Å². The summed E-state index contributed by atoms with van der Waals surface area (Å²) in [7, 11) is -3.68. The number of imidazole rings is 1. The fraction of sp³-hybridized carbons (Fsp3) is 0.333. The summed E-state index contributed by atoms with van der Waals surface area (Å²) in [4.78, 5) is 31.9. The van der Waals surface area contributed by atoms with E-state index in [9.17, 15) is 18.0 Å². The maximum Gasteiger partial charge on any atom is 0.285 e. The highest BCUT2D eigenvalue weighted by molar-refractivity contribution is 7.90. The van der Waals surface area contributed by atoms with Crippen molar-refractivity contribution in [3.63, 3.8) is 0 Å². The summed E-state index contributed by atoms with van der Waals surface area (Å²) < 4.78 is 30.7. The van der Waals surface area contributed by atoms with Gasteiger partial charge in [-0.05, 0) is 57.0 Å². The zero-order valence-corrected chi connectivity index (χ0v) is 20.3. The molecule has 5 rings (SSSR count). The molecule has 0 spiro atoms. The van der Waals surface area contributed by atoms with Gasteiger partial charge in [-0.25, -0.2) is 4.98 Å². The number of carbonyl (C=O) groups excluding carboxylic acids is 2. The predicted octanol–water partition coefficient (Wildman–Crippen LogP) is 1.99. The second-order valence-electron chi connectivity index (χ2n) is 8.70. The highest BCUT2D eigenvalue weighted by Gasteiger charge is 2.34. The number of rotatable bonds is 3. The van der Waals surface area contributed by atoms with Crippen LogP contribution < -0.4 is 10.9 Å². The van der Waals surface area contributed by atoms with Gasteiger partial charge in [-0.15, -0.1) is 4.40 Å². The summed E-state index contributed by atoms with van der Waals surface area (Å²) in [5.41, 5.74) is 7.72. The second-order valence-corrected chi connectivity index (χ2v) is 10.3. The number of amides is 2. The Balaban J connectivity index is 1.18. The molecular formula is C24H26N6O4S. The first-order valence-corrected chi connectivity index (χ1v) is 13.0. The van der Waals surface area contributed by atoms with Crippen molar-refractivity contribution in [1.29, 1.82) is 0 Å². The molecule has 1 aromatic heterocycles. The van der Waals surface area contributed by atoms with Gasteiger partial charge in [0.25, 0.3) is 15.9 Å². The summed E-state index contributed by atoms with van der Waals surface area (Å²) in [6.45, 7) is 5.73. The molecular weight excluding hydrogens is 468 g/mol. The number of aryl methyl sites for hydroxylation is 2. The lowest BCUT2D eigenvalue weighted by atomic mass is 9.95. The lowest BCUT2D eigenvalue weighted by molar-refractivity contribution is -0.126. The fourth-order valence-corrected chi connectivity index (χ4v) is 5.98. The number of carbonyl (C=O) groups is 2. The van der Waals surface area contributed by atoms with Crippen LogP contribution in [0.1, 0.15) is 41.5 Å². The molecule has 0 bridgehead atoms. The van der Waals surface area contributed by atoms with Crippen molar-refractivity contribution in [2.24, 2.45) is 10.3 Å². The van der Waals surface area contributed by atoms with Crippen molar-refractivity contribution in [2.75, 3.05) is 13.1 Å². The minimum Gasteiger partial charge on any atom is -0.355 e. The summed E-state index contributed by atoms with van der Waals surface area (Å²) in [6.07, 6.45) is 1.03. The van der Waals surface area contributed by atoms with Crippen LogP contribution >= 0.6 is 0 Å². The van der Waals surface area contributed by atoms with E-state index in [-0.39, 0.29) is 16.7 Å². The van der Waals surface area contributed by atoms with E-state index in [1.54, 1.807) is 36.4 Å². The summed E-state index contributed by atoms with van der Waals surface area (Å²) in [6, 6.07) is 12.0. The highest BCUT2D eigenvalue weighted by atomic mass is 32.2. The maximum atomic E-state index is 12.7. The van der Waals surface area contributed by atoms with E-state index >= 15 is 0 Å². The van der Waals surface area contributed by atoms with Crippen molar-refractivity contribution in [3.8, 4) is 0 Å². The van der Waals surface area contributed by atoms with Gasteiger partial charge in [-0.1, -0.05) is 12.1 Å². The third kappa shape index (κ3) is 4.16. The van der Waals surface area contributed by atoms with Crippen molar-refractivity contribution in [3.05, 3.63) is 59.4 Å².